The lowest BCUT2D eigenvalue weighted by Crippen LogP contribution is -2.29. The zero-order valence-electron chi connectivity index (χ0n) is 15.0. The molecule has 1 N–H and O–H groups in total. The summed E-state index contributed by atoms with van der Waals surface area (Å²) in [4.78, 5) is 14.2. The number of hydrogen-bond donors (Lipinski definition) is 1. The van der Waals surface area contributed by atoms with Crippen LogP contribution in [-0.2, 0) is 17.9 Å². The van der Waals surface area contributed by atoms with Crippen LogP contribution in [0.25, 0.3) is 6.08 Å². The molecule has 1 aromatic heterocycles. The van der Waals surface area contributed by atoms with Gasteiger partial charge in [-0.1, -0.05) is 48.5 Å². The number of nitrogens with one attached hydrogen (secondary N) is 1. The molecule has 4 rings (SSSR count). The van der Waals surface area contributed by atoms with E-state index in [0.717, 1.165) is 11.1 Å². The summed E-state index contributed by atoms with van der Waals surface area (Å²) in [7, 11) is 0. The standard InChI is InChI=1S/C22H18N2O3S/c25-21-19(23-22(28)24(21)14-18-10-6-12-26-18)13-17-9-4-5-11-20(17)27-15-16-7-2-1-3-8-16/h1-13H,14-15H2,(H,23,28)/b19-13+. The van der Waals surface area contributed by atoms with Crippen LogP contribution in [0.1, 0.15) is 16.9 Å². The van der Waals surface area contributed by atoms with Gasteiger partial charge in [0.15, 0.2) is 5.11 Å². The van der Waals surface area contributed by atoms with Gasteiger partial charge in [0.1, 0.15) is 23.8 Å². The fourth-order valence-electron chi connectivity index (χ4n) is 2.90. The second-order valence-electron chi connectivity index (χ2n) is 6.27. The van der Waals surface area contributed by atoms with E-state index in [9.17, 15) is 4.79 Å². The van der Waals surface area contributed by atoms with Crippen molar-refractivity contribution in [1.29, 1.82) is 0 Å². The highest BCUT2D eigenvalue weighted by Crippen LogP contribution is 2.24. The molecule has 0 bridgehead atoms. The minimum atomic E-state index is -0.195. The summed E-state index contributed by atoms with van der Waals surface area (Å²) in [6, 6.07) is 21.1. The molecule has 0 unspecified atom stereocenters. The maximum absolute atomic E-state index is 12.8. The van der Waals surface area contributed by atoms with E-state index < -0.39 is 0 Å². The van der Waals surface area contributed by atoms with E-state index in [1.807, 2.05) is 60.7 Å². The molecule has 1 fully saturated rings. The number of amides is 1. The van der Waals surface area contributed by atoms with Crippen molar-refractivity contribution in [3.8, 4) is 5.75 Å². The van der Waals surface area contributed by atoms with Gasteiger partial charge in [-0.2, -0.15) is 0 Å². The molecule has 0 spiro atoms. The van der Waals surface area contributed by atoms with Crippen molar-refractivity contribution in [1.82, 2.24) is 10.2 Å². The van der Waals surface area contributed by atoms with Crippen molar-refractivity contribution in [2.75, 3.05) is 0 Å². The summed E-state index contributed by atoms with van der Waals surface area (Å²) in [5.41, 5.74) is 2.29. The predicted molar refractivity (Wildman–Crippen MR) is 110 cm³/mol. The molecule has 0 radical (unpaired) electrons. The quantitative estimate of drug-likeness (QED) is 0.507. The van der Waals surface area contributed by atoms with E-state index >= 15 is 0 Å². The van der Waals surface area contributed by atoms with Crippen molar-refractivity contribution >= 4 is 29.3 Å². The number of hydrogen-bond acceptors (Lipinski definition) is 4. The Morgan fingerprint density at radius 1 is 1.04 bits per heavy atom. The van der Waals surface area contributed by atoms with Crippen LogP contribution < -0.4 is 10.1 Å². The Kier molecular flexibility index (Phi) is 5.21. The van der Waals surface area contributed by atoms with Gasteiger partial charge in [-0.05, 0) is 42.1 Å². The molecule has 28 heavy (non-hydrogen) atoms. The molecule has 0 atom stereocenters. The second-order valence-corrected chi connectivity index (χ2v) is 6.66. The van der Waals surface area contributed by atoms with Crippen LogP contribution in [0, 0.1) is 0 Å². The number of para-hydroxylation sites is 1. The van der Waals surface area contributed by atoms with Crippen LogP contribution in [-0.4, -0.2) is 15.9 Å². The first-order valence-electron chi connectivity index (χ1n) is 8.83. The summed E-state index contributed by atoms with van der Waals surface area (Å²) in [5.74, 6) is 1.17. The van der Waals surface area contributed by atoms with E-state index in [1.54, 1.807) is 18.4 Å². The second kappa shape index (κ2) is 8.10. The van der Waals surface area contributed by atoms with E-state index in [1.165, 1.54) is 4.90 Å². The monoisotopic (exact) mass is 390 g/mol. The molecule has 2 heterocycles. The Morgan fingerprint density at radius 3 is 2.61 bits per heavy atom. The number of thiocarbonyl (C=S) groups is 1. The van der Waals surface area contributed by atoms with E-state index in [0.29, 0.717) is 35.5 Å². The Balaban J connectivity index is 1.52. The summed E-state index contributed by atoms with van der Waals surface area (Å²) in [6.07, 6.45) is 3.33. The number of carbonyl (C=O) groups is 1. The first-order valence-corrected chi connectivity index (χ1v) is 9.24. The van der Waals surface area contributed by atoms with Crippen LogP contribution in [0.2, 0.25) is 0 Å². The fraction of sp³-hybridized carbons (Fsp3) is 0.0909. The van der Waals surface area contributed by atoms with Gasteiger partial charge in [0.25, 0.3) is 5.91 Å². The summed E-state index contributed by atoms with van der Waals surface area (Å²) in [6.45, 7) is 0.743. The van der Waals surface area contributed by atoms with Crippen LogP contribution in [0.15, 0.2) is 83.1 Å². The molecule has 5 nitrogen and oxygen atoms in total. The number of furan rings is 1. The van der Waals surface area contributed by atoms with Crippen molar-refractivity contribution in [2.45, 2.75) is 13.2 Å². The molecule has 1 amide bonds. The highest BCUT2D eigenvalue weighted by molar-refractivity contribution is 7.80. The van der Waals surface area contributed by atoms with Crippen LogP contribution in [0.5, 0.6) is 5.75 Å². The summed E-state index contributed by atoms with van der Waals surface area (Å²) in [5, 5.41) is 3.34. The molecule has 2 aromatic carbocycles. The molecule has 0 saturated carbocycles. The predicted octanol–water partition coefficient (Wildman–Crippen LogP) is 4.12. The molecule has 0 aliphatic carbocycles. The summed E-state index contributed by atoms with van der Waals surface area (Å²) >= 11 is 5.31. The largest absolute Gasteiger partial charge is 0.488 e. The number of benzene rings is 2. The first kappa shape index (κ1) is 18.0. The molecule has 1 aliphatic heterocycles. The van der Waals surface area contributed by atoms with Gasteiger partial charge in [0.05, 0.1) is 12.8 Å². The number of rotatable bonds is 6. The van der Waals surface area contributed by atoms with Gasteiger partial charge in [-0.15, -0.1) is 0 Å². The minimum Gasteiger partial charge on any atom is -0.488 e. The normalized spacial score (nSPS) is 15.1. The lowest BCUT2D eigenvalue weighted by molar-refractivity contribution is -0.122. The van der Waals surface area contributed by atoms with Gasteiger partial charge >= 0.3 is 0 Å². The average Bonchev–Trinajstić information content (AvgIpc) is 3.32. The molecule has 3 aromatic rings. The van der Waals surface area contributed by atoms with Crippen molar-refractivity contribution < 1.29 is 13.9 Å². The minimum absolute atomic E-state index is 0.195. The van der Waals surface area contributed by atoms with Crippen LogP contribution >= 0.6 is 12.2 Å². The maximum atomic E-state index is 12.8. The Hall–Kier alpha value is -3.38. The van der Waals surface area contributed by atoms with E-state index in [-0.39, 0.29) is 5.91 Å². The van der Waals surface area contributed by atoms with Gasteiger partial charge in [-0.3, -0.25) is 9.69 Å². The topological polar surface area (TPSA) is 54.7 Å². The zero-order chi connectivity index (χ0) is 19.3. The average molecular weight is 390 g/mol. The maximum Gasteiger partial charge on any atom is 0.276 e. The third-order valence-corrected chi connectivity index (χ3v) is 4.63. The smallest absolute Gasteiger partial charge is 0.276 e. The molecular formula is C22H18N2O3S. The van der Waals surface area contributed by atoms with Gasteiger partial charge in [0, 0.05) is 5.56 Å². The van der Waals surface area contributed by atoms with Crippen molar-refractivity contribution in [3.63, 3.8) is 0 Å². The number of ether oxygens (including phenoxy) is 1. The van der Waals surface area contributed by atoms with Crippen molar-refractivity contribution in [2.24, 2.45) is 0 Å². The third-order valence-electron chi connectivity index (χ3n) is 4.31. The van der Waals surface area contributed by atoms with Crippen LogP contribution in [0.4, 0.5) is 0 Å². The number of nitrogens with zero attached hydrogens (tertiary/aromatic N) is 1. The fourth-order valence-corrected chi connectivity index (χ4v) is 3.15. The molecular weight excluding hydrogens is 372 g/mol. The Morgan fingerprint density at radius 2 is 1.82 bits per heavy atom. The highest BCUT2D eigenvalue weighted by Gasteiger charge is 2.31. The molecule has 140 valence electrons. The highest BCUT2D eigenvalue weighted by atomic mass is 32.1. The SMILES string of the molecule is O=C1/C(=C\c2ccccc2OCc2ccccc2)NC(=S)N1Cc1ccco1. The molecule has 6 heteroatoms. The first-order chi connectivity index (χ1) is 13.7. The Bertz CT molecular complexity index is 1010. The van der Waals surface area contributed by atoms with E-state index in [2.05, 4.69) is 5.32 Å². The Labute approximate surface area is 168 Å². The summed E-state index contributed by atoms with van der Waals surface area (Å²) < 4.78 is 11.3. The molecule has 1 saturated heterocycles. The number of carbonyl (C=O) groups excluding carboxylic acids is 1. The van der Waals surface area contributed by atoms with Gasteiger partial charge in [0.2, 0.25) is 0 Å². The van der Waals surface area contributed by atoms with Crippen LogP contribution in [0.3, 0.4) is 0 Å². The lowest BCUT2D eigenvalue weighted by Gasteiger charge is -2.11. The van der Waals surface area contributed by atoms with Gasteiger partial charge < -0.3 is 14.5 Å². The van der Waals surface area contributed by atoms with Gasteiger partial charge in [-0.25, -0.2) is 0 Å². The third kappa shape index (κ3) is 3.97. The lowest BCUT2D eigenvalue weighted by atomic mass is 10.1. The van der Waals surface area contributed by atoms with E-state index in [4.69, 9.17) is 21.4 Å². The zero-order valence-corrected chi connectivity index (χ0v) is 15.8. The molecule has 1 aliphatic rings. The van der Waals surface area contributed by atoms with Crippen molar-refractivity contribution in [3.05, 3.63) is 95.6 Å².